The van der Waals surface area contributed by atoms with E-state index in [1.165, 1.54) is 12.1 Å². The second-order valence-corrected chi connectivity index (χ2v) is 5.05. The third-order valence-corrected chi connectivity index (χ3v) is 3.49. The van der Waals surface area contributed by atoms with Crippen molar-refractivity contribution in [2.75, 3.05) is 0 Å². The number of hydrogen-bond acceptors (Lipinski definition) is 1. The molecule has 104 valence electrons. The van der Waals surface area contributed by atoms with Crippen LogP contribution in [0.25, 0.3) is 16.8 Å². The van der Waals surface area contributed by atoms with Gasteiger partial charge in [-0.2, -0.15) is 5.10 Å². The van der Waals surface area contributed by atoms with Crippen molar-refractivity contribution in [1.82, 2.24) is 9.61 Å². The summed E-state index contributed by atoms with van der Waals surface area (Å²) in [6.45, 7) is 1.80. The Labute approximate surface area is 127 Å². The molecular formula is C17H12ClFN2. The van der Waals surface area contributed by atoms with Gasteiger partial charge in [0.15, 0.2) is 0 Å². The molecule has 0 spiro atoms. The first-order valence-electron chi connectivity index (χ1n) is 6.51. The third-order valence-electron chi connectivity index (χ3n) is 3.26. The third kappa shape index (κ3) is 2.63. The largest absolute Gasteiger partial charge is 0.240 e. The van der Waals surface area contributed by atoms with Crippen LogP contribution in [-0.4, -0.2) is 9.61 Å². The highest BCUT2D eigenvalue weighted by atomic mass is 35.5. The summed E-state index contributed by atoms with van der Waals surface area (Å²) in [5.41, 5.74) is 3.59. The van der Waals surface area contributed by atoms with Gasteiger partial charge in [-0.05, 0) is 43.3 Å². The molecule has 4 heteroatoms. The molecule has 0 fully saturated rings. The van der Waals surface area contributed by atoms with E-state index >= 15 is 0 Å². The molecule has 0 amide bonds. The molecule has 1 aromatic carbocycles. The Morgan fingerprint density at radius 1 is 1.24 bits per heavy atom. The average molecular weight is 299 g/mol. The van der Waals surface area contributed by atoms with E-state index in [0.717, 1.165) is 22.3 Å². The molecular weight excluding hydrogens is 287 g/mol. The van der Waals surface area contributed by atoms with Gasteiger partial charge >= 0.3 is 0 Å². The second kappa shape index (κ2) is 5.59. The van der Waals surface area contributed by atoms with Gasteiger partial charge in [-0.3, -0.25) is 0 Å². The number of benzene rings is 1. The van der Waals surface area contributed by atoms with Crippen LogP contribution in [0.15, 0.2) is 42.6 Å². The predicted octanol–water partition coefficient (Wildman–Crippen LogP) is 4.36. The van der Waals surface area contributed by atoms with E-state index in [2.05, 4.69) is 16.9 Å². The van der Waals surface area contributed by atoms with Gasteiger partial charge in [0.25, 0.3) is 0 Å². The van der Waals surface area contributed by atoms with E-state index in [0.29, 0.717) is 11.4 Å². The minimum atomic E-state index is -0.263. The molecule has 0 unspecified atom stereocenters. The van der Waals surface area contributed by atoms with Crippen molar-refractivity contribution in [2.24, 2.45) is 0 Å². The van der Waals surface area contributed by atoms with Gasteiger partial charge in [0, 0.05) is 28.8 Å². The topological polar surface area (TPSA) is 17.3 Å². The summed E-state index contributed by atoms with van der Waals surface area (Å²) in [6.07, 6.45) is 2.39. The van der Waals surface area contributed by atoms with Crippen molar-refractivity contribution in [3.63, 3.8) is 0 Å². The zero-order valence-corrected chi connectivity index (χ0v) is 12.2. The van der Waals surface area contributed by atoms with E-state index in [9.17, 15) is 4.39 Å². The Morgan fingerprint density at radius 3 is 2.71 bits per heavy atom. The van der Waals surface area contributed by atoms with E-state index < -0.39 is 0 Å². The minimum absolute atomic E-state index is 0.263. The molecule has 0 aliphatic rings. The highest BCUT2D eigenvalue weighted by molar-refractivity contribution is 6.30. The molecule has 0 aliphatic heterocycles. The maximum atomic E-state index is 13.1. The van der Waals surface area contributed by atoms with Crippen LogP contribution in [0, 0.1) is 17.7 Å². The monoisotopic (exact) mass is 298 g/mol. The Hall–Kier alpha value is -2.31. The summed E-state index contributed by atoms with van der Waals surface area (Å²) in [7, 11) is 0. The van der Waals surface area contributed by atoms with Crippen LogP contribution >= 0.6 is 11.6 Å². The molecule has 0 saturated carbocycles. The molecule has 0 N–H and O–H groups in total. The van der Waals surface area contributed by atoms with Crippen molar-refractivity contribution in [3.8, 4) is 23.1 Å². The molecule has 0 atom stereocenters. The Morgan fingerprint density at radius 2 is 2.00 bits per heavy atom. The van der Waals surface area contributed by atoms with Crippen molar-refractivity contribution in [1.29, 1.82) is 0 Å². The summed E-state index contributed by atoms with van der Waals surface area (Å²) in [4.78, 5) is 0. The van der Waals surface area contributed by atoms with Gasteiger partial charge in [0.05, 0.1) is 11.2 Å². The number of nitrogens with zero attached hydrogens (tertiary/aromatic N) is 2. The lowest BCUT2D eigenvalue weighted by atomic mass is 10.0. The molecule has 0 bridgehead atoms. The van der Waals surface area contributed by atoms with Crippen LogP contribution in [0.2, 0.25) is 5.02 Å². The van der Waals surface area contributed by atoms with E-state index in [1.807, 2.05) is 12.3 Å². The van der Waals surface area contributed by atoms with E-state index in [1.54, 1.807) is 29.6 Å². The molecule has 3 aromatic rings. The number of aromatic nitrogens is 2. The van der Waals surface area contributed by atoms with Crippen LogP contribution in [0.4, 0.5) is 4.39 Å². The van der Waals surface area contributed by atoms with Gasteiger partial charge < -0.3 is 0 Å². The van der Waals surface area contributed by atoms with Crippen molar-refractivity contribution >= 4 is 17.1 Å². The lowest BCUT2D eigenvalue weighted by Crippen LogP contribution is -1.86. The maximum absolute atomic E-state index is 13.1. The quantitative estimate of drug-likeness (QED) is 0.643. The molecule has 0 saturated heterocycles. The summed E-state index contributed by atoms with van der Waals surface area (Å²) in [5, 5.41) is 5.23. The summed E-state index contributed by atoms with van der Waals surface area (Å²) in [5.74, 6) is 5.69. The highest BCUT2D eigenvalue weighted by Gasteiger charge is 2.14. The fourth-order valence-corrected chi connectivity index (χ4v) is 2.42. The minimum Gasteiger partial charge on any atom is -0.240 e. The number of hydrogen-bond donors (Lipinski definition) is 0. The zero-order chi connectivity index (χ0) is 14.8. The van der Waals surface area contributed by atoms with E-state index in [4.69, 9.17) is 11.6 Å². The first-order valence-corrected chi connectivity index (χ1v) is 6.89. The van der Waals surface area contributed by atoms with Gasteiger partial charge in [0.1, 0.15) is 5.82 Å². The molecule has 3 rings (SSSR count). The molecule has 2 heterocycles. The van der Waals surface area contributed by atoms with Crippen LogP contribution in [0.1, 0.15) is 12.5 Å². The number of fused-ring (bicyclic) bond motifs is 1. The smallest absolute Gasteiger partial charge is 0.123 e. The SMILES string of the molecule is CC#CCc1c(-c2ccc(F)cc2)nn2ccc(Cl)cc12. The van der Waals surface area contributed by atoms with Crippen LogP contribution in [-0.2, 0) is 6.42 Å². The lowest BCUT2D eigenvalue weighted by molar-refractivity contribution is 0.628. The first kappa shape index (κ1) is 13.7. The maximum Gasteiger partial charge on any atom is 0.123 e. The number of rotatable bonds is 2. The van der Waals surface area contributed by atoms with Gasteiger partial charge in [0.2, 0.25) is 0 Å². The lowest BCUT2D eigenvalue weighted by Gasteiger charge is -2.00. The average Bonchev–Trinajstić information content (AvgIpc) is 2.83. The molecule has 21 heavy (non-hydrogen) atoms. The van der Waals surface area contributed by atoms with Crippen molar-refractivity contribution in [3.05, 3.63) is 59.0 Å². The van der Waals surface area contributed by atoms with Crippen LogP contribution in [0.5, 0.6) is 0 Å². The molecule has 0 radical (unpaired) electrons. The molecule has 0 aliphatic carbocycles. The van der Waals surface area contributed by atoms with Gasteiger partial charge in [-0.25, -0.2) is 8.91 Å². The van der Waals surface area contributed by atoms with Crippen LogP contribution < -0.4 is 0 Å². The predicted molar refractivity (Wildman–Crippen MR) is 82.8 cm³/mol. The molecule has 2 nitrogen and oxygen atoms in total. The Kier molecular flexibility index (Phi) is 3.64. The van der Waals surface area contributed by atoms with Crippen LogP contribution in [0.3, 0.4) is 0 Å². The Balaban J connectivity index is 2.24. The Bertz CT molecular complexity index is 854. The standard InChI is InChI=1S/C17H12ClFN2/c1-2-3-4-15-16-11-13(18)9-10-21(16)20-17(15)12-5-7-14(19)8-6-12/h5-11H,4H2,1H3. The van der Waals surface area contributed by atoms with Crippen molar-refractivity contribution < 1.29 is 4.39 Å². The van der Waals surface area contributed by atoms with Crippen molar-refractivity contribution in [2.45, 2.75) is 13.3 Å². The zero-order valence-electron chi connectivity index (χ0n) is 11.4. The van der Waals surface area contributed by atoms with E-state index in [-0.39, 0.29) is 5.82 Å². The fraction of sp³-hybridized carbons (Fsp3) is 0.118. The second-order valence-electron chi connectivity index (χ2n) is 4.61. The van der Waals surface area contributed by atoms with Gasteiger partial charge in [-0.1, -0.05) is 17.5 Å². The van der Waals surface area contributed by atoms with Gasteiger partial charge in [-0.15, -0.1) is 5.92 Å². The normalized spacial score (nSPS) is 10.4. The fourth-order valence-electron chi connectivity index (χ4n) is 2.26. The highest BCUT2D eigenvalue weighted by Crippen LogP contribution is 2.28. The number of pyridine rings is 1. The first-order chi connectivity index (χ1) is 10.2. The summed E-state index contributed by atoms with van der Waals surface area (Å²) < 4.78 is 14.9. The summed E-state index contributed by atoms with van der Waals surface area (Å²) >= 11 is 6.07. The number of halogens is 2. The molecule has 2 aromatic heterocycles. The summed E-state index contributed by atoms with van der Waals surface area (Å²) in [6, 6.07) is 9.96.